The fourth-order valence-corrected chi connectivity index (χ4v) is 4.69. The van der Waals surface area contributed by atoms with E-state index in [1.54, 1.807) is 0 Å². The zero-order chi connectivity index (χ0) is 22.5. The SMILES string of the molecule is O=C(CCc1ccc(-c2ccccc2)cc1)N1CCC[C@H]1c1ncc(Cc2ccccc2)[nH]1. The second-order valence-electron chi connectivity index (χ2n) is 8.76. The van der Waals surface area contributed by atoms with Gasteiger partial charge in [0.05, 0.1) is 6.04 Å². The molecule has 33 heavy (non-hydrogen) atoms. The van der Waals surface area contributed by atoms with Gasteiger partial charge in [0.15, 0.2) is 0 Å². The highest BCUT2D eigenvalue weighted by Crippen LogP contribution is 2.31. The van der Waals surface area contributed by atoms with Gasteiger partial charge in [-0.25, -0.2) is 4.98 Å². The molecule has 1 fully saturated rings. The number of hydrogen-bond donors (Lipinski definition) is 1. The largest absolute Gasteiger partial charge is 0.344 e. The molecular weight excluding hydrogens is 406 g/mol. The van der Waals surface area contributed by atoms with Gasteiger partial charge in [0, 0.05) is 31.3 Å². The van der Waals surface area contributed by atoms with Crippen LogP contribution in [-0.4, -0.2) is 27.3 Å². The smallest absolute Gasteiger partial charge is 0.223 e. The van der Waals surface area contributed by atoms with Crippen molar-refractivity contribution in [2.45, 2.75) is 38.1 Å². The summed E-state index contributed by atoms with van der Waals surface area (Å²) in [7, 11) is 0. The summed E-state index contributed by atoms with van der Waals surface area (Å²) in [4.78, 5) is 23.2. The van der Waals surface area contributed by atoms with E-state index in [1.165, 1.54) is 22.3 Å². The summed E-state index contributed by atoms with van der Waals surface area (Å²) >= 11 is 0. The molecule has 3 aromatic carbocycles. The number of H-pyrrole nitrogens is 1. The molecule has 0 unspecified atom stereocenters. The van der Waals surface area contributed by atoms with Crippen LogP contribution < -0.4 is 0 Å². The van der Waals surface area contributed by atoms with Crippen LogP contribution in [0.25, 0.3) is 11.1 Å². The van der Waals surface area contributed by atoms with Crippen LogP contribution in [0.5, 0.6) is 0 Å². The second-order valence-corrected chi connectivity index (χ2v) is 8.76. The summed E-state index contributed by atoms with van der Waals surface area (Å²) < 4.78 is 0. The Kier molecular flexibility index (Phi) is 6.34. The van der Waals surface area contributed by atoms with E-state index >= 15 is 0 Å². The number of aryl methyl sites for hydroxylation is 1. The van der Waals surface area contributed by atoms with E-state index in [0.717, 1.165) is 43.7 Å². The second kappa shape index (κ2) is 9.86. The van der Waals surface area contributed by atoms with Crippen molar-refractivity contribution < 1.29 is 4.79 Å². The third-order valence-corrected chi connectivity index (χ3v) is 6.46. The van der Waals surface area contributed by atoms with Gasteiger partial charge < -0.3 is 9.88 Å². The molecule has 1 N–H and O–H groups in total. The molecule has 1 aliphatic rings. The van der Waals surface area contributed by atoms with Gasteiger partial charge >= 0.3 is 0 Å². The van der Waals surface area contributed by atoms with E-state index in [-0.39, 0.29) is 11.9 Å². The number of carbonyl (C=O) groups is 1. The number of nitrogens with one attached hydrogen (secondary N) is 1. The van der Waals surface area contributed by atoms with Crippen molar-refractivity contribution in [3.8, 4) is 11.1 Å². The van der Waals surface area contributed by atoms with Crippen LogP contribution in [0.4, 0.5) is 0 Å². The number of hydrogen-bond acceptors (Lipinski definition) is 2. The molecule has 5 rings (SSSR count). The van der Waals surface area contributed by atoms with E-state index in [9.17, 15) is 4.79 Å². The minimum atomic E-state index is 0.0579. The Hall–Kier alpha value is -3.66. The first-order chi connectivity index (χ1) is 16.3. The van der Waals surface area contributed by atoms with Gasteiger partial charge in [-0.1, -0.05) is 84.9 Å². The normalized spacial score (nSPS) is 15.6. The first kappa shape index (κ1) is 21.2. The maximum absolute atomic E-state index is 13.1. The molecule has 0 bridgehead atoms. The molecule has 4 heteroatoms. The van der Waals surface area contributed by atoms with Crippen LogP contribution in [-0.2, 0) is 17.6 Å². The number of aromatic nitrogens is 2. The lowest BCUT2D eigenvalue weighted by Gasteiger charge is -2.23. The van der Waals surface area contributed by atoms with Gasteiger partial charge in [-0.2, -0.15) is 0 Å². The Morgan fingerprint density at radius 3 is 2.33 bits per heavy atom. The standard InChI is InChI=1S/C29H29N3O/c33-28(18-15-22-13-16-25(17-14-22)24-10-5-2-6-11-24)32-19-7-12-27(32)29-30-21-26(31-29)20-23-8-3-1-4-9-23/h1-6,8-11,13-14,16-17,21,27H,7,12,15,18-20H2,(H,30,31)/t27-/m0/s1. The summed E-state index contributed by atoms with van der Waals surface area (Å²) in [5, 5.41) is 0. The zero-order valence-electron chi connectivity index (χ0n) is 18.8. The zero-order valence-corrected chi connectivity index (χ0v) is 18.8. The van der Waals surface area contributed by atoms with Gasteiger partial charge in [0.2, 0.25) is 5.91 Å². The summed E-state index contributed by atoms with van der Waals surface area (Å²) in [6, 6.07) is 29.4. The molecular formula is C29H29N3O. The van der Waals surface area contributed by atoms with E-state index in [2.05, 4.69) is 82.8 Å². The molecule has 0 spiro atoms. The molecule has 1 atom stereocenters. The average molecular weight is 436 g/mol. The van der Waals surface area contributed by atoms with E-state index in [1.807, 2.05) is 23.2 Å². The third kappa shape index (κ3) is 5.06. The predicted molar refractivity (Wildman–Crippen MR) is 132 cm³/mol. The Balaban J connectivity index is 1.19. The van der Waals surface area contributed by atoms with Gasteiger partial charge in [0.25, 0.3) is 0 Å². The molecule has 0 aliphatic carbocycles. The van der Waals surface area contributed by atoms with Crippen molar-refractivity contribution >= 4 is 5.91 Å². The maximum atomic E-state index is 13.1. The lowest BCUT2D eigenvalue weighted by Crippen LogP contribution is -2.31. The first-order valence-corrected chi connectivity index (χ1v) is 11.8. The van der Waals surface area contributed by atoms with Crippen molar-refractivity contribution in [1.29, 1.82) is 0 Å². The number of imidazole rings is 1. The predicted octanol–water partition coefficient (Wildman–Crippen LogP) is 5.96. The van der Waals surface area contributed by atoms with Crippen molar-refractivity contribution in [2.75, 3.05) is 6.54 Å². The number of amides is 1. The van der Waals surface area contributed by atoms with Crippen molar-refractivity contribution in [3.63, 3.8) is 0 Å². The summed E-state index contributed by atoms with van der Waals surface area (Å²) in [5.41, 5.74) is 5.96. The number of nitrogens with zero attached hydrogens (tertiary/aromatic N) is 2. The molecule has 0 saturated carbocycles. The fourth-order valence-electron chi connectivity index (χ4n) is 4.69. The average Bonchev–Trinajstić information content (AvgIpc) is 3.54. The third-order valence-electron chi connectivity index (χ3n) is 6.46. The molecule has 1 aliphatic heterocycles. The highest BCUT2D eigenvalue weighted by Gasteiger charge is 2.31. The van der Waals surface area contributed by atoms with Crippen LogP contribution in [0.2, 0.25) is 0 Å². The highest BCUT2D eigenvalue weighted by molar-refractivity contribution is 5.77. The Bertz CT molecular complexity index is 1180. The van der Waals surface area contributed by atoms with Gasteiger partial charge in [-0.3, -0.25) is 4.79 Å². The molecule has 0 radical (unpaired) electrons. The fraction of sp³-hybridized carbons (Fsp3) is 0.241. The van der Waals surface area contributed by atoms with Gasteiger partial charge in [-0.15, -0.1) is 0 Å². The number of rotatable bonds is 7. The minimum Gasteiger partial charge on any atom is -0.344 e. The highest BCUT2D eigenvalue weighted by atomic mass is 16.2. The number of benzene rings is 3. The monoisotopic (exact) mass is 435 g/mol. The molecule has 4 aromatic rings. The Morgan fingerprint density at radius 2 is 1.58 bits per heavy atom. The Morgan fingerprint density at radius 1 is 0.879 bits per heavy atom. The van der Waals surface area contributed by atoms with Crippen LogP contribution in [0.3, 0.4) is 0 Å². The lowest BCUT2D eigenvalue weighted by molar-refractivity contribution is -0.132. The van der Waals surface area contributed by atoms with Crippen molar-refractivity contribution in [1.82, 2.24) is 14.9 Å². The molecule has 1 saturated heterocycles. The minimum absolute atomic E-state index is 0.0579. The quantitative estimate of drug-likeness (QED) is 0.389. The lowest BCUT2D eigenvalue weighted by atomic mass is 10.0. The summed E-state index contributed by atoms with van der Waals surface area (Å²) in [5.74, 6) is 1.13. The van der Waals surface area contributed by atoms with Crippen LogP contribution >= 0.6 is 0 Å². The molecule has 1 amide bonds. The van der Waals surface area contributed by atoms with Gasteiger partial charge in [0.1, 0.15) is 5.82 Å². The summed E-state index contributed by atoms with van der Waals surface area (Å²) in [6.45, 7) is 0.811. The van der Waals surface area contributed by atoms with E-state index in [4.69, 9.17) is 0 Å². The molecule has 2 heterocycles. The number of aromatic amines is 1. The first-order valence-electron chi connectivity index (χ1n) is 11.8. The van der Waals surface area contributed by atoms with Gasteiger partial charge in [-0.05, 0) is 41.5 Å². The number of likely N-dealkylation sites (tertiary alicyclic amines) is 1. The van der Waals surface area contributed by atoms with E-state index < -0.39 is 0 Å². The number of carbonyl (C=O) groups excluding carboxylic acids is 1. The van der Waals surface area contributed by atoms with Crippen LogP contribution in [0.1, 0.15) is 47.9 Å². The molecule has 1 aromatic heterocycles. The maximum Gasteiger partial charge on any atom is 0.223 e. The van der Waals surface area contributed by atoms with Crippen LogP contribution in [0, 0.1) is 0 Å². The van der Waals surface area contributed by atoms with Crippen molar-refractivity contribution in [2.24, 2.45) is 0 Å². The Labute approximate surface area is 195 Å². The summed E-state index contributed by atoms with van der Waals surface area (Å²) in [6.07, 6.45) is 6.02. The van der Waals surface area contributed by atoms with E-state index in [0.29, 0.717) is 6.42 Å². The molecule has 4 nitrogen and oxygen atoms in total. The van der Waals surface area contributed by atoms with Crippen molar-refractivity contribution in [3.05, 3.63) is 114 Å². The molecule has 166 valence electrons. The van der Waals surface area contributed by atoms with Crippen LogP contribution in [0.15, 0.2) is 91.1 Å². The topological polar surface area (TPSA) is 49.0 Å².